The zero-order valence-electron chi connectivity index (χ0n) is 18.4. The fraction of sp³-hybridized carbons (Fsp3) is 0.154. The molecule has 0 fully saturated rings. The fourth-order valence-corrected chi connectivity index (χ4v) is 3.67. The number of hydrogen-bond acceptors (Lipinski definition) is 6. The van der Waals surface area contributed by atoms with Crippen LogP contribution in [-0.2, 0) is 11.3 Å². The highest BCUT2D eigenvalue weighted by Crippen LogP contribution is 2.29. The maximum Gasteiger partial charge on any atom is 0.375 e. The highest BCUT2D eigenvalue weighted by molar-refractivity contribution is 6.31. The molecule has 6 nitrogen and oxygen atoms in total. The quantitative estimate of drug-likeness (QED) is 0.300. The van der Waals surface area contributed by atoms with Crippen molar-refractivity contribution in [2.75, 3.05) is 13.7 Å². The van der Waals surface area contributed by atoms with Crippen LogP contribution in [0, 0.1) is 5.82 Å². The monoisotopic (exact) mass is 482 g/mol. The third-order valence-corrected chi connectivity index (χ3v) is 5.50. The predicted molar refractivity (Wildman–Crippen MR) is 126 cm³/mol. The molecule has 34 heavy (non-hydrogen) atoms. The molecule has 0 atom stereocenters. The summed E-state index contributed by atoms with van der Waals surface area (Å²) in [5.74, 6) is -0.575. The molecule has 0 N–H and O–H groups in total. The zero-order chi connectivity index (χ0) is 24.2. The van der Waals surface area contributed by atoms with E-state index >= 15 is 0 Å². The minimum atomic E-state index is -0.767. The lowest BCUT2D eigenvalue weighted by molar-refractivity contribution is 0.0492. The van der Waals surface area contributed by atoms with E-state index in [1.165, 1.54) is 31.4 Å². The molecule has 174 valence electrons. The van der Waals surface area contributed by atoms with Gasteiger partial charge in [0, 0.05) is 11.6 Å². The highest BCUT2D eigenvalue weighted by atomic mass is 35.5. The molecule has 1 aromatic heterocycles. The lowest BCUT2D eigenvalue weighted by atomic mass is 10.0. The average Bonchev–Trinajstić information content (AvgIpc) is 2.84. The highest BCUT2D eigenvalue weighted by Gasteiger charge is 2.23. The summed E-state index contributed by atoms with van der Waals surface area (Å²) in [6, 6.07) is 15.6. The van der Waals surface area contributed by atoms with Crippen LogP contribution in [-0.4, -0.2) is 19.7 Å². The second-order valence-corrected chi connectivity index (χ2v) is 7.64. The Morgan fingerprint density at radius 3 is 2.47 bits per heavy atom. The molecule has 0 radical (unpaired) electrons. The Morgan fingerprint density at radius 1 is 1.06 bits per heavy atom. The van der Waals surface area contributed by atoms with Gasteiger partial charge >= 0.3 is 5.97 Å². The topological polar surface area (TPSA) is 75.0 Å². The molecule has 4 aromatic rings. The fourth-order valence-electron chi connectivity index (χ4n) is 3.45. The van der Waals surface area contributed by atoms with Gasteiger partial charge < -0.3 is 18.6 Å². The number of hydrogen-bond donors (Lipinski definition) is 0. The first-order valence-corrected chi connectivity index (χ1v) is 10.8. The van der Waals surface area contributed by atoms with Crippen LogP contribution in [0.5, 0.6) is 11.5 Å². The van der Waals surface area contributed by atoms with Crippen LogP contribution in [0.3, 0.4) is 0 Å². The van der Waals surface area contributed by atoms with Crippen LogP contribution < -0.4 is 14.9 Å². The van der Waals surface area contributed by atoms with E-state index in [4.69, 9.17) is 30.2 Å². The van der Waals surface area contributed by atoms with Gasteiger partial charge in [0.15, 0.2) is 0 Å². The Bertz CT molecular complexity index is 1390. The van der Waals surface area contributed by atoms with E-state index in [-0.39, 0.29) is 46.1 Å². The first-order chi connectivity index (χ1) is 16.4. The summed E-state index contributed by atoms with van der Waals surface area (Å²) in [6.45, 7) is 1.63. The van der Waals surface area contributed by atoms with E-state index in [9.17, 15) is 14.0 Å². The van der Waals surface area contributed by atoms with Gasteiger partial charge in [-0.15, -0.1) is 0 Å². The maximum atomic E-state index is 14.0. The van der Waals surface area contributed by atoms with Crippen LogP contribution in [0.4, 0.5) is 4.39 Å². The van der Waals surface area contributed by atoms with Crippen molar-refractivity contribution < 1.29 is 27.8 Å². The third kappa shape index (κ3) is 4.61. The number of halogens is 2. The van der Waals surface area contributed by atoms with Crippen molar-refractivity contribution in [3.8, 4) is 22.6 Å². The van der Waals surface area contributed by atoms with Crippen LogP contribution >= 0.6 is 11.6 Å². The standard InChI is InChI=1S/C26H20ClFO6/c1-3-32-26(30)25-23(15-7-9-16(31-2)10-8-15)24(29)18-12-11-17(13-22(18)34-25)33-14-19-20(27)5-4-6-21(19)28/h4-13H,3,14H2,1-2H3. The summed E-state index contributed by atoms with van der Waals surface area (Å²) in [5.41, 5.74) is 0.489. The molecule has 0 unspecified atom stereocenters. The summed E-state index contributed by atoms with van der Waals surface area (Å²) in [4.78, 5) is 26.0. The van der Waals surface area contributed by atoms with Gasteiger partial charge in [-0.1, -0.05) is 29.8 Å². The van der Waals surface area contributed by atoms with Gasteiger partial charge in [0.05, 0.1) is 29.7 Å². The van der Waals surface area contributed by atoms with E-state index in [0.29, 0.717) is 17.1 Å². The summed E-state index contributed by atoms with van der Waals surface area (Å²) >= 11 is 6.05. The smallest absolute Gasteiger partial charge is 0.375 e. The number of carbonyl (C=O) groups is 1. The molecule has 3 aromatic carbocycles. The molecule has 8 heteroatoms. The number of fused-ring (bicyclic) bond motifs is 1. The molecular formula is C26H20ClFO6. The molecular weight excluding hydrogens is 463 g/mol. The average molecular weight is 483 g/mol. The van der Waals surface area contributed by atoms with E-state index < -0.39 is 17.2 Å². The molecule has 0 saturated heterocycles. The molecule has 0 aliphatic heterocycles. The largest absolute Gasteiger partial charge is 0.497 e. The predicted octanol–water partition coefficient (Wildman–Crippen LogP) is 6.02. The first kappa shape index (κ1) is 23.3. The SMILES string of the molecule is CCOC(=O)c1oc2cc(OCc3c(F)cccc3Cl)ccc2c(=O)c1-c1ccc(OC)cc1. The van der Waals surface area contributed by atoms with Gasteiger partial charge in [-0.25, -0.2) is 9.18 Å². The Kier molecular flexibility index (Phi) is 6.84. The van der Waals surface area contributed by atoms with E-state index in [2.05, 4.69) is 0 Å². The first-order valence-electron chi connectivity index (χ1n) is 10.4. The Balaban J connectivity index is 1.78. The summed E-state index contributed by atoms with van der Waals surface area (Å²) in [6.07, 6.45) is 0. The van der Waals surface area contributed by atoms with Gasteiger partial charge in [-0.2, -0.15) is 0 Å². The van der Waals surface area contributed by atoms with E-state index in [1.807, 2.05) is 0 Å². The van der Waals surface area contributed by atoms with Crippen LogP contribution in [0.2, 0.25) is 5.02 Å². The minimum Gasteiger partial charge on any atom is -0.497 e. The Morgan fingerprint density at radius 2 is 1.79 bits per heavy atom. The number of esters is 1. The second kappa shape index (κ2) is 9.97. The van der Waals surface area contributed by atoms with Crippen molar-refractivity contribution in [1.82, 2.24) is 0 Å². The molecule has 0 aliphatic carbocycles. The molecule has 0 saturated carbocycles. The van der Waals surface area contributed by atoms with Gasteiger partial charge in [-0.3, -0.25) is 4.79 Å². The molecule has 4 rings (SSSR count). The van der Waals surface area contributed by atoms with Gasteiger partial charge in [0.2, 0.25) is 11.2 Å². The van der Waals surface area contributed by atoms with Crippen molar-refractivity contribution >= 4 is 28.5 Å². The van der Waals surface area contributed by atoms with Gasteiger partial charge in [0.25, 0.3) is 0 Å². The lowest BCUT2D eigenvalue weighted by Gasteiger charge is -2.12. The van der Waals surface area contributed by atoms with E-state index in [1.54, 1.807) is 43.3 Å². The third-order valence-electron chi connectivity index (χ3n) is 5.15. The van der Waals surface area contributed by atoms with Gasteiger partial charge in [-0.05, 0) is 48.9 Å². The summed E-state index contributed by atoms with van der Waals surface area (Å²) in [7, 11) is 1.53. The number of carbonyl (C=O) groups excluding carboxylic acids is 1. The van der Waals surface area contributed by atoms with Crippen LogP contribution in [0.15, 0.2) is 69.9 Å². The summed E-state index contributed by atoms with van der Waals surface area (Å²) < 4.78 is 35.9. The number of ether oxygens (including phenoxy) is 3. The zero-order valence-corrected chi connectivity index (χ0v) is 19.1. The van der Waals surface area contributed by atoms with Crippen molar-refractivity contribution in [3.05, 3.63) is 93.1 Å². The number of methoxy groups -OCH3 is 1. The number of rotatable bonds is 7. The molecule has 1 heterocycles. The van der Waals surface area contributed by atoms with Gasteiger partial charge in [0.1, 0.15) is 29.5 Å². The number of benzene rings is 3. The molecule has 0 bridgehead atoms. The normalized spacial score (nSPS) is 10.8. The van der Waals surface area contributed by atoms with Crippen LogP contribution in [0.25, 0.3) is 22.1 Å². The Hall–Kier alpha value is -3.84. The maximum absolute atomic E-state index is 14.0. The van der Waals surface area contributed by atoms with Crippen molar-refractivity contribution in [1.29, 1.82) is 0 Å². The second-order valence-electron chi connectivity index (χ2n) is 7.23. The summed E-state index contributed by atoms with van der Waals surface area (Å²) in [5, 5.41) is 0.483. The molecule has 0 amide bonds. The minimum absolute atomic E-state index is 0.0837. The van der Waals surface area contributed by atoms with Crippen molar-refractivity contribution in [2.24, 2.45) is 0 Å². The van der Waals surface area contributed by atoms with Crippen LogP contribution in [0.1, 0.15) is 23.0 Å². The van der Waals surface area contributed by atoms with Crippen molar-refractivity contribution in [2.45, 2.75) is 13.5 Å². The lowest BCUT2D eigenvalue weighted by Crippen LogP contribution is -2.15. The molecule has 0 aliphatic rings. The molecule has 0 spiro atoms. The Labute approximate surface area is 199 Å². The van der Waals surface area contributed by atoms with E-state index in [0.717, 1.165) is 0 Å². The van der Waals surface area contributed by atoms with Crippen molar-refractivity contribution in [3.63, 3.8) is 0 Å².